The van der Waals surface area contributed by atoms with Crippen LogP contribution in [0.5, 0.6) is 6.01 Å². The Morgan fingerprint density at radius 1 is 1.20 bits per heavy atom. The average molecular weight is 277 g/mol. The van der Waals surface area contributed by atoms with Gasteiger partial charge in [-0.05, 0) is 31.5 Å². The van der Waals surface area contributed by atoms with Crippen molar-refractivity contribution in [1.82, 2.24) is 15.0 Å². The first kappa shape index (κ1) is 14.0. The third-order valence-corrected chi connectivity index (χ3v) is 2.48. The molecule has 2 aromatic rings. The molecule has 106 valence electrons. The summed E-state index contributed by atoms with van der Waals surface area (Å²) in [7, 11) is 1.68. The van der Waals surface area contributed by atoms with Crippen molar-refractivity contribution >= 4 is 17.6 Å². The molecule has 20 heavy (non-hydrogen) atoms. The Morgan fingerprint density at radius 2 is 1.95 bits per heavy atom. The maximum Gasteiger partial charge on any atom is 0.323 e. The molecule has 1 aromatic carbocycles. The smallest absolute Gasteiger partial charge is 0.323 e. The van der Waals surface area contributed by atoms with Crippen molar-refractivity contribution < 1.29 is 9.13 Å². The summed E-state index contributed by atoms with van der Waals surface area (Å²) in [4.78, 5) is 12.2. The third-order valence-electron chi connectivity index (χ3n) is 2.48. The number of halogens is 1. The zero-order valence-electron chi connectivity index (χ0n) is 11.6. The van der Waals surface area contributed by atoms with Crippen LogP contribution in [0.25, 0.3) is 0 Å². The average Bonchev–Trinajstić information content (AvgIpc) is 2.43. The van der Waals surface area contributed by atoms with Crippen LogP contribution >= 0.6 is 0 Å². The van der Waals surface area contributed by atoms with Gasteiger partial charge in [-0.15, -0.1) is 0 Å². The number of aryl methyl sites for hydroxylation is 1. The number of hydrogen-bond donors (Lipinski definition) is 2. The van der Waals surface area contributed by atoms with Gasteiger partial charge in [-0.3, -0.25) is 0 Å². The van der Waals surface area contributed by atoms with Crippen LogP contribution in [-0.2, 0) is 0 Å². The lowest BCUT2D eigenvalue weighted by atomic mass is 10.2. The van der Waals surface area contributed by atoms with E-state index in [1.165, 1.54) is 6.07 Å². The van der Waals surface area contributed by atoms with Crippen molar-refractivity contribution in [1.29, 1.82) is 0 Å². The van der Waals surface area contributed by atoms with Gasteiger partial charge in [-0.1, -0.05) is 6.07 Å². The lowest BCUT2D eigenvalue weighted by Crippen LogP contribution is -2.07. The fourth-order valence-electron chi connectivity index (χ4n) is 1.57. The van der Waals surface area contributed by atoms with Gasteiger partial charge in [0.15, 0.2) is 0 Å². The normalized spacial score (nSPS) is 10.2. The molecule has 2 N–H and O–H groups in total. The predicted molar refractivity (Wildman–Crippen MR) is 75.0 cm³/mol. The topological polar surface area (TPSA) is 72.0 Å². The minimum atomic E-state index is -0.375. The van der Waals surface area contributed by atoms with Crippen LogP contribution in [0.2, 0.25) is 0 Å². The van der Waals surface area contributed by atoms with Gasteiger partial charge in [-0.25, -0.2) is 4.39 Å². The van der Waals surface area contributed by atoms with E-state index in [0.29, 0.717) is 18.2 Å². The standard InChI is InChI=1S/C13H16FN5O/c1-4-20-13-18-11(15-3)17-12(19-13)16-10-7-8(2)5-6-9(10)14/h5-7H,4H2,1-3H3,(H2,15,16,17,18,19). The minimum Gasteiger partial charge on any atom is -0.464 e. The van der Waals surface area contributed by atoms with E-state index in [9.17, 15) is 4.39 Å². The van der Waals surface area contributed by atoms with Crippen molar-refractivity contribution in [2.24, 2.45) is 0 Å². The molecule has 0 aliphatic heterocycles. The molecule has 0 aliphatic rings. The van der Waals surface area contributed by atoms with Crippen LogP contribution in [0.3, 0.4) is 0 Å². The van der Waals surface area contributed by atoms with E-state index in [0.717, 1.165) is 5.56 Å². The quantitative estimate of drug-likeness (QED) is 0.875. The maximum atomic E-state index is 13.7. The first-order valence-electron chi connectivity index (χ1n) is 6.22. The SMILES string of the molecule is CCOc1nc(NC)nc(Nc2cc(C)ccc2F)n1. The zero-order valence-corrected chi connectivity index (χ0v) is 11.6. The summed E-state index contributed by atoms with van der Waals surface area (Å²) in [6.07, 6.45) is 0. The molecule has 0 saturated carbocycles. The molecule has 6 nitrogen and oxygen atoms in total. The van der Waals surface area contributed by atoms with Crippen molar-refractivity contribution in [2.45, 2.75) is 13.8 Å². The fraction of sp³-hybridized carbons (Fsp3) is 0.308. The Hall–Kier alpha value is -2.44. The van der Waals surface area contributed by atoms with Gasteiger partial charge < -0.3 is 15.4 Å². The van der Waals surface area contributed by atoms with Crippen molar-refractivity contribution in [3.05, 3.63) is 29.6 Å². The summed E-state index contributed by atoms with van der Waals surface area (Å²) in [5.74, 6) is 0.191. The van der Waals surface area contributed by atoms with E-state index >= 15 is 0 Å². The third kappa shape index (κ3) is 3.31. The van der Waals surface area contributed by atoms with Crippen LogP contribution in [0.4, 0.5) is 22.0 Å². The number of aromatic nitrogens is 3. The molecule has 0 radical (unpaired) electrons. The van der Waals surface area contributed by atoms with E-state index in [2.05, 4.69) is 25.6 Å². The summed E-state index contributed by atoms with van der Waals surface area (Å²) in [6.45, 7) is 4.14. The number of nitrogens with zero attached hydrogens (tertiary/aromatic N) is 3. The molecule has 1 aromatic heterocycles. The van der Waals surface area contributed by atoms with Crippen LogP contribution in [-0.4, -0.2) is 28.6 Å². The Balaban J connectivity index is 2.32. The number of rotatable bonds is 5. The predicted octanol–water partition coefficient (Wildman–Crippen LogP) is 2.50. The number of ether oxygens (including phenoxy) is 1. The summed E-state index contributed by atoms with van der Waals surface area (Å²) >= 11 is 0. The number of hydrogen-bond acceptors (Lipinski definition) is 6. The van der Waals surface area contributed by atoms with Crippen LogP contribution in [0.1, 0.15) is 12.5 Å². The Labute approximate surface area is 116 Å². The highest BCUT2D eigenvalue weighted by molar-refractivity contribution is 5.56. The Morgan fingerprint density at radius 3 is 2.65 bits per heavy atom. The summed E-state index contributed by atoms with van der Waals surface area (Å²) in [5, 5.41) is 5.63. The summed E-state index contributed by atoms with van der Waals surface area (Å²) < 4.78 is 19.0. The van der Waals surface area contributed by atoms with E-state index in [4.69, 9.17) is 4.74 Å². The van der Waals surface area contributed by atoms with E-state index in [-0.39, 0.29) is 17.8 Å². The van der Waals surface area contributed by atoms with Crippen molar-refractivity contribution in [3.63, 3.8) is 0 Å². The monoisotopic (exact) mass is 277 g/mol. The first-order valence-corrected chi connectivity index (χ1v) is 6.22. The molecule has 7 heteroatoms. The molecule has 0 unspecified atom stereocenters. The number of benzene rings is 1. The van der Waals surface area contributed by atoms with Crippen LogP contribution in [0.15, 0.2) is 18.2 Å². The highest BCUT2D eigenvalue weighted by atomic mass is 19.1. The molecule has 0 amide bonds. The van der Waals surface area contributed by atoms with E-state index < -0.39 is 0 Å². The Kier molecular flexibility index (Phi) is 4.29. The molecule has 2 rings (SSSR count). The van der Waals surface area contributed by atoms with Crippen LogP contribution < -0.4 is 15.4 Å². The van der Waals surface area contributed by atoms with E-state index in [1.54, 1.807) is 19.2 Å². The maximum absolute atomic E-state index is 13.7. The highest BCUT2D eigenvalue weighted by Gasteiger charge is 2.09. The second-order valence-corrected chi connectivity index (χ2v) is 4.06. The molecule has 0 aliphatic carbocycles. The Bertz CT molecular complexity index is 605. The highest BCUT2D eigenvalue weighted by Crippen LogP contribution is 2.20. The molecule has 0 spiro atoms. The number of anilines is 3. The molecular formula is C13H16FN5O. The second-order valence-electron chi connectivity index (χ2n) is 4.06. The largest absolute Gasteiger partial charge is 0.464 e. The lowest BCUT2D eigenvalue weighted by molar-refractivity contribution is 0.312. The molecular weight excluding hydrogens is 261 g/mol. The van der Waals surface area contributed by atoms with Gasteiger partial charge in [0.1, 0.15) is 5.82 Å². The molecule has 0 bridgehead atoms. The summed E-state index contributed by atoms with van der Waals surface area (Å²) in [6, 6.07) is 4.95. The number of nitrogens with one attached hydrogen (secondary N) is 2. The van der Waals surface area contributed by atoms with Gasteiger partial charge >= 0.3 is 6.01 Å². The van der Waals surface area contributed by atoms with Crippen molar-refractivity contribution in [3.8, 4) is 6.01 Å². The molecule has 0 fully saturated rings. The van der Waals surface area contributed by atoms with Gasteiger partial charge in [0.25, 0.3) is 0 Å². The van der Waals surface area contributed by atoms with Gasteiger partial charge in [0, 0.05) is 7.05 Å². The van der Waals surface area contributed by atoms with Gasteiger partial charge in [0.05, 0.1) is 12.3 Å². The van der Waals surface area contributed by atoms with E-state index in [1.807, 2.05) is 13.8 Å². The molecule has 1 heterocycles. The molecule has 0 saturated heterocycles. The lowest BCUT2D eigenvalue weighted by Gasteiger charge is -2.09. The first-order chi connectivity index (χ1) is 9.62. The fourth-order valence-corrected chi connectivity index (χ4v) is 1.57. The zero-order chi connectivity index (χ0) is 14.5. The summed E-state index contributed by atoms with van der Waals surface area (Å²) in [5.41, 5.74) is 1.24. The molecule has 0 atom stereocenters. The van der Waals surface area contributed by atoms with Gasteiger partial charge in [0.2, 0.25) is 11.9 Å². The van der Waals surface area contributed by atoms with Crippen LogP contribution in [0, 0.1) is 12.7 Å². The van der Waals surface area contributed by atoms with Crippen molar-refractivity contribution in [2.75, 3.05) is 24.3 Å². The van der Waals surface area contributed by atoms with Gasteiger partial charge in [-0.2, -0.15) is 15.0 Å². The minimum absolute atomic E-state index is 0.183. The second kappa shape index (κ2) is 6.14.